The fraction of sp³-hybridized carbons (Fsp3) is 0.923. The van der Waals surface area contributed by atoms with Crippen molar-refractivity contribution in [3.8, 4) is 0 Å². The molecule has 2 rings (SSSR count). The molecule has 0 spiro atoms. The molecule has 0 bridgehead atoms. The summed E-state index contributed by atoms with van der Waals surface area (Å²) in [5.41, 5.74) is 0. The molecule has 0 radical (unpaired) electrons. The molecule has 0 aromatic rings. The molecular formula is C13H25N3O2. The fourth-order valence-electron chi connectivity index (χ4n) is 2.69. The third-order valence-corrected chi connectivity index (χ3v) is 4.03. The van der Waals surface area contributed by atoms with Gasteiger partial charge < -0.3 is 15.4 Å². The average Bonchev–Trinajstić information content (AvgIpc) is 2.80. The second-order valence-corrected chi connectivity index (χ2v) is 5.43. The number of nitrogens with one attached hydrogen (secondary N) is 2. The van der Waals surface area contributed by atoms with Gasteiger partial charge in [0.05, 0.1) is 18.7 Å². The maximum absolute atomic E-state index is 12.0. The van der Waals surface area contributed by atoms with E-state index in [9.17, 15) is 4.79 Å². The largest absolute Gasteiger partial charge is 0.383 e. The van der Waals surface area contributed by atoms with E-state index >= 15 is 0 Å². The van der Waals surface area contributed by atoms with Gasteiger partial charge in [-0.25, -0.2) is 0 Å². The van der Waals surface area contributed by atoms with Crippen molar-refractivity contribution in [1.29, 1.82) is 0 Å². The molecule has 0 aliphatic carbocycles. The van der Waals surface area contributed by atoms with Crippen LogP contribution < -0.4 is 10.6 Å². The van der Waals surface area contributed by atoms with Gasteiger partial charge in [-0.15, -0.1) is 0 Å². The van der Waals surface area contributed by atoms with E-state index < -0.39 is 0 Å². The third-order valence-electron chi connectivity index (χ3n) is 4.03. The van der Waals surface area contributed by atoms with Gasteiger partial charge in [0.25, 0.3) is 0 Å². The summed E-state index contributed by atoms with van der Waals surface area (Å²) in [5, 5.41) is 6.44. The van der Waals surface area contributed by atoms with Gasteiger partial charge in [0, 0.05) is 26.7 Å². The lowest BCUT2D eigenvalue weighted by molar-refractivity contribution is -0.124. The molecule has 18 heavy (non-hydrogen) atoms. The van der Waals surface area contributed by atoms with Crippen molar-refractivity contribution >= 4 is 5.91 Å². The van der Waals surface area contributed by atoms with E-state index in [0.29, 0.717) is 12.0 Å². The van der Waals surface area contributed by atoms with Gasteiger partial charge in [-0.05, 0) is 18.9 Å². The Morgan fingerprint density at radius 3 is 2.89 bits per heavy atom. The summed E-state index contributed by atoms with van der Waals surface area (Å²) in [5.74, 6) is 0.850. The number of methoxy groups -OCH3 is 1. The average molecular weight is 255 g/mol. The molecule has 2 aliphatic rings. The lowest BCUT2D eigenvalue weighted by Gasteiger charge is -2.39. The first-order chi connectivity index (χ1) is 8.72. The molecule has 1 unspecified atom stereocenters. The maximum atomic E-state index is 12.0. The van der Waals surface area contributed by atoms with Gasteiger partial charge in [0.15, 0.2) is 0 Å². The number of carbonyl (C=O) groups excluding carboxylic acids is 1. The molecule has 0 aromatic carbocycles. The molecule has 5 nitrogen and oxygen atoms in total. The van der Waals surface area contributed by atoms with Crippen molar-refractivity contribution in [2.45, 2.75) is 31.8 Å². The molecule has 2 aliphatic heterocycles. The monoisotopic (exact) mass is 255 g/mol. The van der Waals surface area contributed by atoms with Crippen molar-refractivity contribution in [1.82, 2.24) is 15.5 Å². The van der Waals surface area contributed by atoms with Crippen LogP contribution in [0.15, 0.2) is 0 Å². The SMILES string of the molecule is CCC1CN[C@H](C(=O)NC2CN(CCOC)C2)C1. The topological polar surface area (TPSA) is 53.6 Å². The van der Waals surface area contributed by atoms with E-state index in [1.807, 2.05) is 0 Å². The molecule has 2 heterocycles. The first-order valence-electron chi connectivity index (χ1n) is 6.98. The van der Waals surface area contributed by atoms with Gasteiger partial charge in [-0.2, -0.15) is 0 Å². The summed E-state index contributed by atoms with van der Waals surface area (Å²) in [6, 6.07) is 0.361. The fourth-order valence-corrected chi connectivity index (χ4v) is 2.69. The normalized spacial score (nSPS) is 29.2. The van der Waals surface area contributed by atoms with Crippen molar-refractivity contribution in [2.24, 2.45) is 5.92 Å². The minimum atomic E-state index is 0.0305. The van der Waals surface area contributed by atoms with E-state index in [2.05, 4.69) is 22.5 Å². The number of hydrogen-bond donors (Lipinski definition) is 2. The third kappa shape index (κ3) is 3.43. The molecule has 2 N–H and O–H groups in total. The number of rotatable bonds is 6. The minimum Gasteiger partial charge on any atom is -0.383 e. The first kappa shape index (κ1) is 13.8. The van der Waals surface area contributed by atoms with Crippen LogP contribution in [0.4, 0.5) is 0 Å². The first-order valence-corrected chi connectivity index (χ1v) is 6.98. The lowest BCUT2D eigenvalue weighted by Crippen LogP contribution is -2.61. The Kier molecular flexibility index (Phi) is 4.97. The Bertz CT molecular complexity index is 279. The van der Waals surface area contributed by atoms with Gasteiger partial charge in [0.2, 0.25) is 5.91 Å². The highest BCUT2D eigenvalue weighted by Gasteiger charge is 2.32. The molecule has 2 fully saturated rings. The predicted molar refractivity (Wildman–Crippen MR) is 70.4 cm³/mol. The number of amides is 1. The summed E-state index contributed by atoms with van der Waals surface area (Å²) in [6.07, 6.45) is 2.15. The minimum absolute atomic E-state index is 0.0305. The Labute approximate surface area is 109 Å². The zero-order chi connectivity index (χ0) is 13.0. The second-order valence-electron chi connectivity index (χ2n) is 5.43. The van der Waals surface area contributed by atoms with Gasteiger partial charge in [-0.3, -0.25) is 9.69 Å². The van der Waals surface area contributed by atoms with Gasteiger partial charge in [0.1, 0.15) is 0 Å². The molecule has 1 amide bonds. The second kappa shape index (κ2) is 6.50. The summed E-state index contributed by atoms with van der Waals surface area (Å²) >= 11 is 0. The van der Waals surface area contributed by atoms with Crippen LogP contribution in [0.5, 0.6) is 0 Å². The highest BCUT2D eigenvalue weighted by Crippen LogP contribution is 2.17. The zero-order valence-corrected chi connectivity index (χ0v) is 11.4. The molecule has 2 atom stereocenters. The number of likely N-dealkylation sites (tertiary alicyclic amines) is 1. The molecule has 2 saturated heterocycles. The summed E-state index contributed by atoms with van der Waals surface area (Å²) < 4.78 is 5.03. The van der Waals surface area contributed by atoms with E-state index in [4.69, 9.17) is 4.74 Å². The summed E-state index contributed by atoms with van der Waals surface area (Å²) in [7, 11) is 1.72. The van der Waals surface area contributed by atoms with E-state index in [-0.39, 0.29) is 11.9 Å². The standard InChI is InChI=1S/C13H25N3O2/c1-3-10-6-12(14-7-10)13(17)15-11-8-16(9-11)4-5-18-2/h10-12,14H,3-9H2,1-2H3,(H,15,17)/t10?,12-/m0/s1. The smallest absolute Gasteiger partial charge is 0.237 e. The van der Waals surface area contributed by atoms with Crippen LogP contribution in [0.3, 0.4) is 0 Å². The van der Waals surface area contributed by atoms with Crippen LogP contribution in [0.1, 0.15) is 19.8 Å². The highest BCUT2D eigenvalue weighted by atomic mass is 16.5. The molecule has 0 saturated carbocycles. The van der Waals surface area contributed by atoms with Gasteiger partial charge in [-0.1, -0.05) is 13.3 Å². The van der Waals surface area contributed by atoms with E-state index in [1.165, 1.54) is 0 Å². The Balaban J connectivity index is 1.62. The lowest BCUT2D eigenvalue weighted by atomic mass is 10.0. The Morgan fingerprint density at radius 1 is 1.50 bits per heavy atom. The number of hydrogen-bond acceptors (Lipinski definition) is 4. The van der Waals surface area contributed by atoms with Crippen molar-refractivity contribution in [3.05, 3.63) is 0 Å². The van der Waals surface area contributed by atoms with Crippen molar-refractivity contribution < 1.29 is 9.53 Å². The highest BCUT2D eigenvalue weighted by molar-refractivity contribution is 5.82. The molecular weight excluding hydrogens is 230 g/mol. The predicted octanol–water partition coefficient (Wildman–Crippen LogP) is -0.179. The number of carbonyl (C=O) groups is 1. The zero-order valence-electron chi connectivity index (χ0n) is 11.4. The quantitative estimate of drug-likeness (QED) is 0.691. The number of ether oxygens (including phenoxy) is 1. The molecule has 0 aromatic heterocycles. The van der Waals surface area contributed by atoms with E-state index in [0.717, 1.165) is 45.6 Å². The summed E-state index contributed by atoms with van der Waals surface area (Å²) in [4.78, 5) is 14.3. The van der Waals surface area contributed by atoms with Crippen LogP contribution in [0, 0.1) is 5.92 Å². The maximum Gasteiger partial charge on any atom is 0.237 e. The molecule has 104 valence electrons. The summed E-state index contributed by atoms with van der Waals surface area (Å²) in [6.45, 7) is 6.81. The molecule has 5 heteroatoms. The Morgan fingerprint density at radius 2 is 2.28 bits per heavy atom. The van der Waals surface area contributed by atoms with Crippen molar-refractivity contribution in [2.75, 3.05) is 39.9 Å². The van der Waals surface area contributed by atoms with Crippen LogP contribution in [0.2, 0.25) is 0 Å². The van der Waals surface area contributed by atoms with Crippen LogP contribution in [0.25, 0.3) is 0 Å². The van der Waals surface area contributed by atoms with Crippen LogP contribution in [-0.4, -0.2) is 62.8 Å². The van der Waals surface area contributed by atoms with Gasteiger partial charge >= 0.3 is 0 Å². The van der Waals surface area contributed by atoms with E-state index in [1.54, 1.807) is 7.11 Å². The van der Waals surface area contributed by atoms with Crippen LogP contribution >= 0.6 is 0 Å². The van der Waals surface area contributed by atoms with Crippen molar-refractivity contribution in [3.63, 3.8) is 0 Å². The van der Waals surface area contributed by atoms with Crippen LogP contribution in [-0.2, 0) is 9.53 Å². The number of nitrogens with zero attached hydrogens (tertiary/aromatic N) is 1. The Hall–Kier alpha value is -0.650.